The molecule has 0 amide bonds. The summed E-state index contributed by atoms with van der Waals surface area (Å²) in [6, 6.07) is 12.1. The van der Waals surface area contributed by atoms with Crippen molar-refractivity contribution in [1.82, 2.24) is 0 Å². The second-order valence-electron chi connectivity index (χ2n) is 5.66. The Morgan fingerprint density at radius 3 is 2.52 bits per heavy atom. The van der Waals surface area contributed by atoms with Crippen molar-refractivity contribution >= 4 is 0 Å². The average Bonchev–Trinajstić information content (AvgIpc) is 2.47. The SMILES string of the molecule is COc1ccc2c(c1)[C@@H](N)CC(c1c(C)cccc1C)O2. The molecule has 0 saturated carbocycles. The highest BCUT2D eigenvalue weighted by Crippen LogP contribution is 2.42. The van der Waals surface area contributed by atoms with Crippen molar-refractivity contribution in [3.8, 4) is 11.5 Å². The first kappa shape index (κ1) is 14.0. The van der Waals surface area contributed by atoms with E-state index in [9.17, 15) is 0 Å². The van der Waals surface area contributed by atoms with Crippen molar-refractivity contribution in [2.45, 2.75) is 32.4 Å². The fourth-order valence-corrected chi connectivity index (χ4v) is 3.12. The third-order valence-electron chi connectivity index (χ3n) is 4.22. The van der Waals surface area contributed by atoms with Crippen molar-refractivity contribution in [2.75, 3.05) is 7.11 Å². The van der Waals surface area contributed by atoms with E-state index in [0.717, 1.165) is 23.5 Å². The molecule has 2 aromatic carbocycles. The maximum atomic E-state index is 6.36. The molecule has 110 valence electrons. The molecule has 1 aliphatic heterocycles. The van der Waals surface area contributed by atoms with Crippen molar-refractivity contribution in [1.29, 1.82) is 0 Å². The minimum atomic E-state index is -0.0344. The molecule has 3 nitrogen and oxygen atoms in total. The second-order valence-corrected chi connectivity index (χ2v) is 5.66. The number of hydrogen-bond donors (Lipinski definition) is 1. The van der Waals surface area contributed by atoms with Gasteiger partial charge in [-0.1, -0.05) is 18.2 Å². The van der Waals surface area contributed by atoms with Crippen molar-refractivity contribution < 1.29 is 9.47 Å². The van der Waals surface area contributed by atoms with E-state index in [-0.39, 0.29) is 12.1 Å². The van der Waals surface area contributed by atoms with Gasteiger partial charge in [-0.3, -0.25) is 0 Å². The molecule has 3 heteroatoms. The molecule has 1 unspecified atom stereocenters. The van der Waals surface area contributed by atoms with Gasteiger partial charge in [-0.15, -0.1) is 0 Å². The standard InChI is InChI=1S/C18H21NO2/c1-11-5-4-6-12(2)18(11)17-10-15(19)14-9-13(20-3)7-8-16(14)21-17/h4-9,15,17H,10,19H2,1-3H3/t15-,17?/m0/s1. The zero-order valence-corrected chi connectivity index (χ0v) is 12.7. The van der Waals surface area contributed by atoms with Crippen LogP contribution in [0.3, 0.4) is 0 Å². The average molecular weight is 283 g/mol. The van der Waals surface area contributed by atoms with Gasteiger partial charge in [-0.2, -0.15) is 0 Å². The zero-order chi connectivity index (χ0) is 15.0. The number of aryl methyl sites for hydroxylation is 2. The number of rotatable bonds is 2. The van der Waals surface area contributed by atoms with Crippen LogP contribution < -0.4 is 15.2 Å². The van der Waals surface area contributed by atoms with Gasteiger partial charge in [0.25, 0.3) is 0 Å². The van der Waals surface area contributed by atoms with Crippen LogP contribution in [0.5, 0.6) is 11.5 Å². The molecule has 0 bridgehead atoms. The number of fused-ring (bicyclic) bond motifs is 1. The van der Waals surface area contributed by atoms with Crippen LogP contribution in [0.1, 0.15) is 40.8 Å². The highest BCUT2D eigenvalue weighted by molar-refractivity contribution is 5.45. The molecule has 0 saturated heterocycles. The van der Waals surface area contributed by atoms with E-state index >= 15 is 0 Å². The molecular formula is C18H21NO2. The summed E-state index contributed by atoms with van der Waals surface area (Å²) in [6.07, 6.45) is 0.799. The Kier molecular flexibility index (Phi) is 3.60. The van der Waals surface area contributed by atoms with E-state index in [4.69, 9.17) is 15.2 Å². The smallest absolute Gasteiger partial charge is 0.126 e. The molecule has 3 rings (SSSR count). The maximum absolute atomic E-state index is 6.36. The van der Waals surface area contributed by atoms with Gasteiger partial charge >= 0.3 is 0 Å². The minimum absolute atomic E-state index is 0.0158. The molecule has 0 radical (unpaired) electrons. The number of nitrogens with two attached hydrogens (primary N) is 1. The van der Waals surface area contributed by atoms with Crippen LogP contribution >= 0.6 is 0 Å². The lowest BCUT2D eigenvalue weighted by Crippen LogP contribution is -2.25. The Balaban J connectivity index is 1.99. The van der Waals surface area contributed by atoms with Crippen molar-refractivity contribution in [3.63, 3.8) is 0 Å². The van der Waals surface area contributed by atoms with Crippen LogP contribution in [0, 0.1) is 13.8 Å². The van der Waals surface area contributed by atoms with Crippen LogP contribution in [0.4, 0.5) is 0 Å². The Bertz CT molecular complexity index is 646. The third-order valence-corrected chi connectivity index (χ3v) is 4.22. The molecule has 0 aromatic heterocycles. The predicted molar refractivity (Wildman–Crippen MR) is 83.8 cm³/mol. The minimum Gasteiger partial charge on any atom is -0.497 e. The van der Waals surface area contributed by atoms with Crippen LogP contribution in [-0.4, -0.2) is 7.11 Å². The van der Waals surface area contributed by atoms with Crippen molar-refractivity contribution in [2.24, 2.45) is 5.73 Å². The third kappa shape index (κ3) is 2.49. The first-order valence-corrected chi connectivity index (χ1v) is 7.26. The van der Waals surface area contributed by atoms with Crippen LogP contribution in [0.25, 0.3) is 0 Å². The van der Waals surface area contributed by atoms with Gasteiger partial charge < -0.3 is 15.2 Å². The summed E-state index contributed by atoms with van der Waals surface area (Å²) in [5.74, 6) is 1.68. The summed E-state index contributed by atoms with van der Waals surface area (Å²) in [5, 5.41) is 0. The Morgan fingerprint density at radius 1 is 1.14 bits per heavy atom. The van der Waals surface area contributed by atoms with Gasteiger partial charge in [-0.05, 0) is 48.7 Å². The molecule has 0 fully saturated rings. The summed E-state index contributed by atoms with van der Waals surface area (Å²) >= 11 is 0. The lowest BCUT2D eigenvalue weighted by atomic mass is 9.89. The molecule has 1 aliphatic rings. The fourth-order valence-electron chi connectivity index (χ4n) is 3.12. The number of benzene rings is 2. The van der Waals surface area contributed by atoms with Crippen molar-refractivity contribution in [3.05, 3.63) is 58.7 Å². The molecule has 0 spiro atoms. The van der Waals surface area contributed by atoms with Gasteiger partial charge in [0.1, 0.15) is 17.6 Å². The van der Waals surface area contributed by atoms with E-state index in [1.165, 1.54) is 16.7 Å². The van der Waals surface area contributed by atoms with E-state index in [1.54, 1.807) is 7.11 Å². The molecule has 2 aromatic rings. The van der Waals surface area contributed by atoms with Gasteiger partial charge in [-0.25, -0.2) is 0 Å². The number of methoxy groups -OCH3 is 1. The van der Waals surface area contributed by atoms with E-state index in [1.807, 2.05) is 18.2 Å². The molecule has 2 atom stereocenters. The Morgan fingerprint density at radius 2 is 1.86 bits per heavy atom. The van der Waals surface area contributed by atoms with E-state index in [2.05, 4.69) is 32.0 Å². The largest absolute Gasteiger partial charge is 0.497 e. The summed E-state index contributed by atoms with van der Waals surface area (Å²) in [5.41, 5.74) is 11.2. The zero-order valence-electron chi connectivity index (χ0n) is 12.7. The van der Waals surface area contributed by atoms with Gasteiger partial charge in [0, 0.05) is 18.0 Å². The highest BCUT2D eigenvalue weighted by Gasteiger charge is 2.29. The summed E-state index contributed by atoms with van der Waals surface area (Å²) < 4.78 is 11.5. The molecule has 0 aliphatic carbocycles. The maximum Gasteiger partial charge on any atom is 0.126 e. The lowest BCUT2D eigenvalue weighted by molar-refractivity contribution is 0.160. The number of ether oxygens (including phenoxy) is 2. The topological polar surface area (TPSA) is 44.5 Å². The lowest BCUT2D eigenvalue weighted by Gasteiger charge is -2.32. The van der Waals surface area contributed by atoms with Gasteiger partial charge in [0.15, 0.2) is 0 Å². The first-order valence-electron chi connectivity index (χ1n) is 7.26. The quantitative estimate of drug-likeness (QED) is 0.911. The summed E-state index contributed by atoms with van der Waals surface area (Å²) in [4.78, 5) is 0. The van der Waals surface area contributed by atoms with Crippen LogP contribution in [-0.2, 0) is 0 Å². The Hall–Kier alpha value is -2.00. The first-order chi connectivity index (χ1) is 10.1. The molecule has 21 heavy (non-hydrogen) atoms. The fraction of sp³-hybridized carbons (Fsp3) is 0.333. The number of hydrogen-bond acceptors (Lipinski definition) is 3. The predicted octanol–water partition coefficient (Wildman–Crippen LogP) is 3.84. The van der Waals surface area contributed by atoms with E-state index in [0.29, 0.717) is 0 Å². The second kappa shape index (κ2) is 5.41. The molecule has 2 N–H and O–H groups in total. The Labute approximate surface area is 125 Å². The normalized spacial score (nSPS) is 20.6. The highest BCUT2D eigenvalue weighted by atomic mass is 16.5. The summed E-state index contributed by atoms with van der Waals surface area (Å²) in [7, 11) is 1.66. The van der Waals surface area contributed by atoms with Gasteiger partial charge in [0.05, 0.1) is 7.11 Å². The van der Waals surface area contributed by atoms with E-state index < -0.39 is 0 Å². The van der Waals surface area contributed by atoms with Crippen LogP contribution in [0.15, 0.2) is 36.4 Å². The van der Waals surface area contributed by atoms with Crippen LogP contribution in [0.2, 0.25) is 0 Å². The monoisotopic (exact) mass is 283 g/mol. The van der Waals surface area contributed by atoms with Gasteiger partial charge in [0.2, 0.25) is 0 Å². The molecule has 1 heterocycles. The summed E-state index contributed by atoms with van der Waals surface area (Å²) in [6.45, 7) is 4.25. The molecular weight excluding hydrogens is 262 g/mol.